The van der Waals surface area contributed by atoms with Gasteiger partial charge < -0.3 is 9.42 Å². The molecular formula is C20H18ClN3O2. The molecule has 1 saturated heterocycles. The molecule has 1 aliphatic rings. The van der Waals surface area contributed by atoms with E-state index in [1.54, 1.807) is 24.3 Å². The highest BCUT2D eigenvalue weighted by atomic mass is 35.5. The lowest BCUT2D eigenvalue weighted by Gasteiger charge is -2.33. The van der Waals surface area contributed by atoms with Gasteiger partial charge in [-0.2, -0.15) is 4.98 Å². The van der Waals surface area contributed by atoms with E-state index in [1.807, 2.05) is 35.2 Å². The van der Waals surface area contributed by atoms with Crippen LogP contribution in [0, 0.1) is 0 Å². The average molecular weight is 368 g/mol. The van der Waals surface area contributed by atoms with Crippen LogP contribution in [0.3, 0.4) is 0 Å². The molecule has 5 nitrogen and oxygen atoms in total. The van der Waals surface area contributed by atoms with Gasteiger partial charge in [0.1, 0.15) is 6.04 Å². The van der Waals surface area contributed by atoms with Crippen LogP contribution >= 0.6 is 11.6 Å². The van der Waals surface area contributed by atoms with Crippen molar-refractivity contribution in [1.29, 1.82) is 0 Å². The van der Waals surface area contributed by atoms with Crippen molar-refractivity contribution in [3.8, 4) is 11.4 Å². The number of benzene rings is 2. The molecule has 3 aromatic rings. The van der Waals surface area contributed by atoms with E-state index in [2.05, 4.69) is 10.1 Å². The largest absolute Gasteiger partial charge is 0.337 e. The zero-order valence-corrected chi connectivity index (χ0v) is 14.9. The number of carbonyl (C=O) groups is 1. The fourth-order valence-electron chi connectivity index (χ4n) is 3.29. The van der Waals surface area contributed by atoms with E-state index >= 15 is 0 Å². The van der Waals surface area contributed by atoms with E-state index in [4.69, 9.17) is 16.1 Å². The molecular weight excluding hydrogens is 350 g/mol. The molecule has 2 heterocycles. The number of nitrogens with zero attached hydrogens (tertiary/aromatic N) is 3. The number of halogens is 1. The van der Waals surface area contributed by atoms with Gasteiger partial charge in [0, 0.05) is 22.7 Å². The predicted molar refractivity (Wildman–Crippen MR) is 98.8 cm³/mol. The Bertz CT molecular complexity index is 910. The summed E-state index contributed by atoms with van der Waals surface area (Å²) >= 11 is 6.04. The molecule has 0 N–H and O–H groups in total. The molecule has 0 aliphatic carbocycles. The quantitative estimate of drug-likeness (QED) is 0.669. The number of likely N-dealkylation sites (tertiary alicyclic amines) is 1. The minimum Gasteiger partial charge on any atom is -0.337 e. The normalized spacial score (nSPS) is 17.3. The van der Waals surface area contributed by atoms with Gasteiger partial charge in [-0.3, -0.25) is 4.79 Å². The maximum atomic E-state index is 13.0. The summed E-state index contributed by atoms with van der Waals surface area (Å²) in [5.41, 5.74) is 1.47. The standard InChI is InChI=1S/C20H18ClN3O2/c21-16-10-6-9-15(13-16)20(25)24-12-5-4-11-17(24)19-22-18(23-26-19)14-7-2-1-3-8-14/h1-3,6-10,13,17H,4-5,11-12H2. The van der Waals surface area contributed by atoms with Gasteiger partial charge in [-0.15, -0.1) is 0 Å². The summed E-state index contributed by atoms with van der Waals surface area (Å²) in [5, 5.41) is 4.65. The molecule has 1 aliphatic heterocycles. The molecule has 6 heteroatoms. The van der Waals surface area contributed by atoms with Gasteiger partial charge in [0.2, 0.25) is 11.7 Å². The summed E-state index contributed by atoms with van der Waals surface area (Å²) in [7, 11) is 0. The van der Waals surface area contributed by atoms with Crippen molar-refractivity contribution in [2.45, 2.75) is 25.3 Å². The summed E-state index contributed by atoms with van der Waals surface area (Å²) < 4.78 is 5.52. The number of amides is 1. The average Bonchev–Trinajstić information content (AvgIpc) is 3.18. The second-order valence-corrected chi connectivity index (χ2v) is 6.78. The molecule has 1 fully saturated rings. The lowest BCUT2D eigenvalue weighted by Crippen LogP contribution is -2.38. The first-order valence-electron chi connectivity index (χ1n) is 8.68. The monoisotopic (exact) mass is 367 g/mol. The van der Waals surface area contributed by atoms with Crippen molar-refractivity contribution in [1.82, 2.24) is 15.0 Å². The number of hydrogen-bond acceptors (Lipinski definition) is 4. The maximum absolute atomic E-state index is 13.0. The van der Waals surface area contributed by atoms with Crippen molar-refractivity contribution in [3.05, 3.63) is 71.1 Å². The number of piperidine rings is 1. The Balaban J connectivity index is 1.62. The maximum Gasteiger partial charge on any atom is 0.254 e. The Morgan fingerprint density at radius 3 is 2.77 bits per heavy atom. The number of hydrogen-bond donors (Lipinski definition) is 0. The van der Waals surface area contributed by atoms with E-state index in [0.29, 0.717) is 28.8 Å². The molecule has 2 aromatic carbocycles. The van der Waals surface area contributed by atoms with Crippen LogP contribution in [0.1, 0.15) is 41.6 Å². The second kappa shape index (κ2) is 7.30. The highest BCUT2D eigenvalue weighted by Crippen LogP contribution is 2.32. The van der Waals surface area contributed by atoms with Crippen LogP contribution in [0.2, 0.25) is 5.02 Å². The van der Waals surface area contributed by atoms with Crippen molar-refractivity contribution in [3.63, 3.8) is 0 Å². The first kappa shape index (κ1) is 16.8. The van der Waals surface area contributed by atoms with Crippen LogP contribution in [-0.4, -0.2) is 27.5 Å². The van der Waals surface area contributed by atoms with E-state index in [-0.39, 0.29) is 11.9 Å². The molecule has 0 spiro atoms. The van der Waals surface area contributed by atoms with E-state index < -0.39 is 0 Å². The van der Waals surface area contributed by atoms with Crippen LogP contribution in [0.4, 0.5) is 0 Å². The molecule has 1 unspecified atom stereocenters. The van der Waals surface area contributed by atoms with Gasteiger partial charge in [0.05, 0.1) is 0 Å². The third kappa shape index (κ3) is 3.35. The molecule has 1 atom stereocenters. The van der Waals surface area contributed by atoms with Crippen LogP contribution in [0.15, 0.2) is 59.1 Å². The molecule has 1 aromatic heterocycles. The van der Waals surface area contributed by atoms with Crippen LogP contribution in [0.5, 0.6) is 0 Å². The highest BCUT2D eigenvalue weighted by Gasteiger charge is 2.32. The highest BCUT2D eigenvalue weighted by molar-refractivity contribution is 6.30. The van der Waals surface area contributed by atoms with Crippen LogP contribution in [0.25, 0.3) is 11.4 Å². The predicted octanol–water partition coefficient (Wildman–Crippen LogP) is 4.76. The van der Waals surface area contributed by atoms with Crippen LogP contribution in [-0.2, 0) is 0 Å². The van der Waals surface area contributed by atoms with Crippen molar-refractivity contribution in [2.75, 3.05) is 6.54 Å². The summed E-state index contributed by atoms with van der Waals surface area (Å²) in [6.45, 7) is 0.666. The van der Waals surface area contributed by atoms with Gasteiger partial charge in [-0.05, 0) is 37.5 Å². The van der Waals surface area contributed by atoms with Gasteiger partial charge in [-0.1, -0.05) is 53.2 Å². The van der Waals surface area contributed by atoms with Gasteiger partial charge >= 0.3 is 0 Å². The van der Waals surface area contributed by atoms with Gasteiger partial charge in [-0.25, -0.2) is 0 Å². The Morgan fingerprint density at radius 2 is 1.96 bits per heavy atom. The Hall–Kier alpha value is -2.66. The van der Waals surface area contributed by atoms with E-state index in [0.717, 1.165) is 24.8 Å². The smallest absolute Gasteiger partial charge is 0.254 e. The Labute approximate surface area is 156 Å². The lowest BCUT2D eigenvalue weighted by molar-refractivity contribution is 0.0561. The van der Waals surface area contributed by atoms with Gasteiger partial charge in [0.15, 0.2) is 0 Å². The molecule has 132 valence electrons. The van der Waals surface area contributed by atoms with Crippen molar-refractivity contribution < 1.29 is 9.32 Å². The zero-order chi connectivity index (χ0) is 17.9. The first-order chi connectivity index (χ1) is 12.7. The van der Waals surface area contributed by atoms with Crippen LogP contribution < -0.4 is 0 Å². The first-order valence-corrected chi connectivity index (χ1v) is 9.06. The topological polar surface area (TPSA) is 59.2 Å². The number of aromatic nitrogens is 2. The lowest BCUT2D eigenvalue weighted by atomic mass is 10.0. The number of carbonyl (C=O) groups excluding carboxylic acids is 1. The minimum atomic E-state index is -0.208. The SMILES string of the molecule is O=C(c1cccc(Cl)c1)N1CCCCC1c1nc(-c2ccccc2)no1. The zero-order valence-electron chi connectivity index (χ0n) is 14.1. The minimum absolute atomic E-state index is 0.0586. The molecule has 0 radical (unpaired) electrons. The Kier molecular flexibility index (Phi) is 4.71. The summed E-state index contributed by atoms with van der Waals surface area (Å²) in [5.74, 6) is 0.969. The van der Waals surface area contributed by atoms with Crippen molar-refractivity contribution >= 4 is 17.5 Å². The van der Waals surface area contributed by atoms with E-state index in [1.165, 1.54) is 0 Å². The third-order valence-corrected chi connectivity index (χ3v) is 4.83. The third-order valence-electron chi connectivity index (χ3n) is 4.59. The van der Waals surface area contributed by atoms with E-state index in [9.17, 15) is 4.79 Å². The fourth-order valence-corrected chi connectivity index (χ4v) is 3.48. The molecule has 4 rings (SSSR count). The molecule has 26 heavy (non-hydrogen) atoms. The summed E-state index contributed by atoms with van der Waals surface area (Å²) in [6, 6.07) is 16.5. The molecule has 0 bridgehead atoms. The Morgan fingerprint density at radius 1 is 1.12 bits per heavy atom. The second-order valence-electron chi connectivity index (χ2n) is 6.34. The molecule has 1 amide bonds. The summed E-state index contributed by atoms with van der Waals surface area (Å²) in [4.78, 5) is 19.4. The van der Waals surface area contributed by atoms with Gasteiger partial charge in [0.25, 0.3) is 5.91 Å². The molecule has 0 saturated carbocycles. The number of rotatable bonds is 3. The fraction of sp³-hybridized carbons (Fsp3) is 0.250. The van der Waals surface area contributed by atoms with Crippen molar-refractivity contribution in [2.24, 2.45) is 0 Å². The summed E-state index contributed by atoms with van der Waals surface area (Å²) in [6.07, 6.45) is 2.79.